The normalized spacial score (nSPS) is 13.6. The molecule has 1 unspecified atom stereocenters. The monoisotopic (exact) mass is 581 g/mol. The number of hydrogen-bond acceptors (Lipinski definition) is 4. The van der Waals surface area contributed by atoms with Gasteiger partial charge in [0.15, 0.2) is 5.78 Å². The predicted octanol–water partition coefficient (Wildman–Crippen LogP) is 5.66. The van der Waals surface area contributed by atoms with Crippen LogP contribution in [-0.4, -0.2) is 61.8 Å². The number of halogens is 1. The Hall–Kier alpha value is -2.97. The van der Waals surface area contributed by atoms with Gasteiger partial charge in [0.05, 0.1) is 18.8 Å². The molecule has 3 rings (SSSR count). The Balaban J connectivity index is 1.99. The number of hydrogen-bond donors (Lipinski definition) is 1. The topological polar surface area (TPSA) is 76.1 Å². The van der Waals surface area contributed by atoms with Crippen LogP contribution in [0.3, 0.4) is 0 Å². The first kappa shape index (κ1) is 31.6. The first-order valence-electron chi connectivity index (χ1n) is 13.4. The average Bonchev–Trinajstić information content (AvgIpc) is 2.88. The summed E-state index contributed by atoms with van der Waals surface area (Å²) in [5.74, 6) is -0.206. The third-order valence-corrected chi connectivity index (χ3v) is 9.44. The number of nitrogens with zero attached hydrogens (tertiary/aromatic N) is 1. The fourth-order valence-electron chi connectivity index (χ4n) is 4.84. The molecule has 40 heavy (non-hydrogen) atoms. The van der Waals surface area contributed by atoms with E-state index in [9.17, 15) is 14.7 Å². The first-order chi connectivity index (χ1) is 18.8. The minimum absolute atomic E-state index is 0.00443. The highest BCUT2D eigenvalue weighted by Gasteiger charge is 2.44. The molecule has 0 spiro atoms. The standard InChI is InChI=1S/C32H40ClNO5Si/c1-31(2,3)29(39-40(25-13-9-7-10-14-25)26-15-11-8-12-16-26)27(34(30(36)37)32(4,5)6)21-38-22-28(35)23-17-19-24(33)20-18-23/h7-20,27,29,40H,21-22H2,1-6H3,(H,36,37)/t27-,29?/m1/s1. The number of amides is 1. The Morgan fingerprint density at radius 3 is 1.77 bits per heavy atom. The SMILES string of the molecule is CC(C)(C)C(O[SiH](c1ccccc1)c1ccccc1)[C@@H](COCC(=O)c1ccc(Cl)cc1)N(C(=O)O)C(C)(C)C. The molecule has 0 bridgehead atoms. The van der Waals surface area contributed by atoms with E-state index in [0.717, 1.165) is 10.4 Å². The molecule has 0 aliphatic heterocycles. The molecule has 1 amide bonds. The number of carboxylic acid groups (broad SMARTS) is 1. The van der Waals surface area contributed by atoms with Crippen molar-refractivity contribution in [2.24, 2.45) is 5.41 Å². The Morgan fingerprint density at radius 1 is 0.850 bits per heavy atom. The lowest BCUT2D eigenvalue weighted by Crippen LogP contribution is -2.63. The van der Waals surface area contributed by atoms with Crippen LogP contribution < -0.4 is 10.4 Å². The van der Waals surface area contributed by atoms with E-state index >= 15 is 0 Å². The van der Waals surface area contributed by atoms with E-state index < -0.39 is 38.2 Å². The predicted molar refractivity (Wildman–Crippen MR) is 164 cm³/mol. The van der Waals surface area contributed by atoms with Crippen molar-refractivity contribution in [1.29, 1.82) is 0 Å². The van der Waals surface area contributed by atoms with Crippen LogP contribution in [0.5, 0.6) is 0 Å². The van der Waals surface area contributed by atoms with Gasteiger partial charge in [-0.15, -0.1) is 0 Å². The smallest absolute Gasteiger partial charge is 0.408 e. The van der Waals surface area contributed by atoms with Crippen LogP contribution in [0.4, 0.5) is 4.79 Å². The Kier molecular flexibility index (Phi) is 10.7. The highest BCUT2D eigenvalue weighted by Crippen LogP contribution is 2.32. The number of ether oxygens (including phenoxy) is 1. The third-order valence-electron chi connectivity index (χ3n) is 6.64. The van der Waals surface area contributed by atoms with Crippen molar-refractivity contribution in [2.45, 2.75) is 59.2 Å². The van der Waals surface area contributed by atoms with Crippen LogP contribution in [0.15, 0.2) is 84.9 Å². The van der Waals surface area contributed by atoms with E-state index in [-0.39, 0.29) is 19.0 Å². The van der Waals surface area contributed by atoms with E-state index in [0.29, 0.717) is 10.6 Å². The van der Waals surface area contributed by atoms with Crippen molar-refractivity contribution in [3.8, 4) is 0 Å². The molecule has 0 fully saturated rings. The molecule has 0 radical (unpaired) electrons. The van der Waals surface area contributed by atoms with Crippen LogP contribution in [0, 0.1) is 5.41 Å². The van der Waals surface area contributed by atoms with Crippen molar-refractivity contribution in [1.82, 2.24) is 4.90 Å². The quantitative estimate of drug-likeness (QED) is 0.234. The second-order valence-electron chi connectivity index (χ2n) is 12.0. The highest BCUT2D eigenvalue weighted by atomic mass is 35.5. The number of carbonyl (C=O) groups excluding carboxylic acids is 1. The first-order valence-corrected chi connectivity index (χ1v) is 15.4. The molecule has 0 aliphatic carbocycles. The highest BCUT2D eigenvalue weighted by molar-refractivity contribution is 6.80. The number of ketones is 1. The largest absolute Gasteiger partial charge is 0.465 e. The molecule has 0 aliphatic rings. The molecule has 0 heterocycles. The summed E-state index contributed by atoms with van der Waals surface area (Å²) in [6, 6.07) is 26.1. The van der Waals surface area contributed by atoms with Crippen LogP contribution in [0.2, 0.25) is 5.02 Å². The minimum atomic E-state index is -2.25. The van der Waals surface area contributed by atoms with Gasteiger partial charge < -0.3 is 14.3 Å². The molecule has 0 saturated carbocycles. The van der Waals surface area contributed by atoms with Gasteiger partial charge in [-0.3, -0.25) is 9.69 Å². The summed E-state index contributed by atoms with van der Waals surface area (Å²) in [7, 11) is -2.25. The zero-order valence-corrected chi connectivity index (χ0v) is 26.0. The maximum absolute atomic E-state index is 12.8. The molecular weight excluding hydrogens is 542 g/mol. The lowest BCUT2D eigenvalue weighted by atomic mass is 9.83. The van der Waals surface area contributed by atoms with E-state index in [2.05, 4.69) is 24.3 Å². The number of Topliss-reactive ketones (excluding diaryl/α,β-unsaturated/α-hetero) is 1. The summed E-state index contributed by atoms with van der Waals surface area (Å²) >= 11 is 5.96. The van der Waals surface area contributed by atoms with Crippen LogP contribution in [-0.2, 0) is 9.16 Å². The van der Waals surface area contributed by atoms with Gasteiger partial charge in [0.2, 0.25) is 9.04 Å². The number of rotatable bonds is 11. The Bertz CT molecular complexity index is 1200. The lowest BCUT2D eigenvalue weighted by Gasteiger charge is -2.47. The van der Waals surface area contributed by atoms with E-state index in [1.807, 2.05) is 77.9 Å². The molecule has 2 atom stereocenters. The maximum Gasteiger partial charge on any atom is 0.408 e. The zero-order chi connectivity index (χ0) is 29.5. The second kappa shape index (κ2) is 13.6. The third kappa shape index (κ3) is 8.51. The second-order valence-corrected chi connectivity index (χ2v) is 14.8. The maximum atomic E-state index is 12.8. The number of carbonyl (C=O) groups is 2. The molecule has 6 nitrogen and oxygen atoms in total. The summed E-state index contributed by atoms with van der Waals surface area (Å²) in [5.41, 5.74) is -0.720. The van der Waals surface area contributed by atoms with Crippen molar-refractivity contribution < 1.29 is 23.9 Å². The van der Waals surface area contributed by atoms with Gasteiger partial charge in [0.25, 0.3) is 0 Å². The summed E-state index contributed by atoms with van der Waals surface area (Å²) in [5, 5.41) is 13.2. The van der Waals surface area contributed by atoms with Crippen LogP contribution >= 0.6 is 11.6 Å². The summed E-state index contributed by atoms with van der Waals surface area (Å²) in [4.78, 5) is 27.0. The molecule has 0 aromatic heterocycles. The van der Waals surface area contributed by atoms with Gasteiger partial charge in [-0.1, -0.05) is 93.0 Å². The van der Waals surface area contributed by atoms with Gasteiger partial charge >= 0.3 is 6.09 Å². The molecular formula is C32H40ClNO5Si. The van der Waals surface area contributed by atoms with Gasteiger partial charge in [0.1, 0.15) is 6.61 Å². The summed E-state index contributed by atoms with van der Waals surface area (Å²) in [6.07, 6.45) is -1.61. The van der Waals surface area contributed by atoms with Gasteiger partial charge in [-0.25, -0.2) is 4.79 Å². The Labute approximate surface area is 244 Å². The average molecular weight is 582 g/mol. The van der Waals surface area contributed by atoms with Crippen molar-refractivity contribution in [3.05, 3.63) is 95.5 Å². The summed E-state index contributed by atoms with van der Waals surface area (Å²) < 4.78 is 13.1. The Morgan fingerprint density at radius 2 is 1.35 bits per heavy atom. The molecule has 0 saturated heterocycles. The minimum Gasteiger partial charge on any atom is -0.465 e. The van der Waals surface area contributed by atoms with E-state index in [4.69, 9.17) is 20.8 Å². The van der Waals surface area contributed by atoms with E-state index in [1.165, 1.54) is 4.90 Å². The zero-order valence-electron chi connectivity index (χ0n) is 24.1. The summed E-state index contributed by atoms with van der Waals surface area (Å²) in [6.45, 7) is 11.5. The lowest BCUT2D eigenvalue weighted by molar-refractivity contribution is -0.0565. The molecule has 3 aromatic carbocycles. The van der Waals surface area contributed by atoms with Crippen molar-refractivity contribution >= 4 is 42.9 Å². The van der Waals surface area contributed by atoms with Crippen LogP contribution in [0.1, 0.15) is 51.9 Å². The molecule has 214 valence electrons. The molecule has 1 N–H and O–H groups in total. The fourth-order valence-corrected chi connectivity index (χ4v) is 7.69. The van der Waals surface area contributed by atoms with Crippen molar-refractivity contribution in [3.63, 3.8) is 0 Å². The van der Waals surface area contributed by atoms with E-state index in [1.54, 1.807) is 24.3 Å². The number of benzene rings is 3. The van der Waals surface area contributed by atoms with Gasteiger partial charge in [-0.05, 0) is 60.8 Å². The van der Waals surface area contributed by atoms with Crippen LogP contribution in [0.25, 0.3) is 0 Å². The molecule has 3 aromatic rings. The fraction of sp³-hybridized carbons (Fsp3) is 0.375. The van der Waals surface area contributed by atoms with Gasteiger partial charge in [0, 0.05) is 16.1 Å². The van der Waals surface area contributed by atoms with Gasteiger partial charge in [-0.2, -0.15) is 0 Å². The van der Waals surface area contributed by atoms with Crippen molar-refractivity contribution in [2.75, 3.05) is 13.2 Å². The molecule has 8 heteroatoms.